The van der Waals surface area contributed by atoms with E-state index in [0.29, 0.717) is 18.5 Å². The lowest BCUT2D eigenvalue weighted by atomic mass is 10.0. The second-order valence-electron chi connectivity index (χ2n) is 4.74. The van der Waals surface area contributed by atoms with E-state index in [1.165, 1.54) is 6.07 Å². The van der Waals surface area contributed by atoms with Gasteiger partial charge in [0.05, 0.1) is 4.92 Å². The number of nitrogens with one attached hydrogen (secondary N) is 2. The van der Waals surface area contributed by atoms with E-state index in [1.54, 1.807) is 18.2 Å². The molecule has 1 fully saturated rings. The monoisotopic (exact) mass is 263 g/mol. The summed E-state index contributed by atoms with van der Waals surface area (Å²) in [4.78, 5) is 21.7. The molecule has 0 aromatic heterocycles. The van der Waals surface area contributed by atoms with E-state index in [0.717, 1.165) is 6.42 Å². The van der Waals surface area contributed by atoms with Crippen LogP contribution >= 0.6 is 0 Å². The molecular formula is C13H17N3O3. The molecule has 19 heavy (non-hydrogen) atoms. The smallest absolute Gasteiger partial charge is 0.274 e. The highest BCUT2D eigenvalue weighted by atomic mass is 16.6. The van der Waals surface area contributed by atoms with Crippen LogP contribution in [0.25, 0.3) is 0 Å². The van der Waals surface area contributed by atoms with Gasteiger partial charge in [-0.05, 0) is 13.3 Å². The number of nitro groups is 1. The van der Waals surface area contributed by atoms with E-state index >= 15 is 0 Å². The minimum absolute atomic E-state index is 0.0661. The molecule has 0 saturated carbocycles. The first kappa shape index (κ1) is 13.5. The Morgan fingerprint density at radius 2 is 2.21 bits per heavy atom. The maximum absolute atomic E-state index is 11.1. The van der Waals surface area contributed by atoms with Gasteiger partial charge in [0.1, 0.15) is 0 Å². The Morgan fingerprint density at radius 1 is 1.47 bits per heavy atom. The van der Waals surface area contributed by atoms with Crippen molar-refractivity contribution in [2.75, 3.05) is 6.54 Å². The standard InChI is InChI=1S/C13H17N3O3/c1-9(15-10-6-7-13(17)14-8-10)11-4-2-3-5-12(11)16(18)19/h2-5,9-10,15H,6-8H2,1H3,(H,14,17). The summed E-state index contributed by atoms with van der Waals surface area (Å²) in [6.07, 6.45) is 1.26. The Kier molecular flexibility index (Phi) is 4.11. The van der Waals surface area contributed by atoms with Gasteiger partial charge in [0.15, 0.2) is 0 Å². The predicted molar refractivity (Wildman–Crippen MR) is 70.7 cm³/mol. The summed E-state index contributed by atoms with van der Waals surface area (Å²) in [6, 6.07) is 6.76. The molecule has 102 valence electrons. The van der Waals surface area contributed by atoms with Crippen molar-refractivity contribution >= 4 is 11.6 Å². The normalized spacial score (nSPS) is 20.7. The van der Waals surface area contributed by atoms with Crippen LogP contribution in [0.4, 0.5) is 5.69 Å². The van der Waals surface area contributed by atoms with Gasteiger partial charge in [0.25, 0.3) is 5.69 Å². The summed E-state index contributed by atoms with van der Waals surface area (Å²) in [6.45, 7) is 2.47. The molecule has 1 aromatic rings. The molecule has 2 atom stereocenters. The van der Waals surface area contributed by atoms with E-state index in [-0.39, 0.29) is 28.6 Å². The third kappa shape index (κ3) is 3.29. The molecule has 2 N–H and O–H groups in total. The van der Waals surface area contributed by atoms with Gasteiger partial charge in [0, 0.05) is 36.7 Å². The molecule has 0 radical (unpaired) electrons. The van der Waals surface area contributed by atoms with Crippen LogP contribution in [0.15, 0.2) is 24.3 Å². The first-order valence-electron chi connectivity index (χ1n) is 6.34. The maximum atomic E-state index is 11.1. The van der Waals surface area contributed by atoms with Crippen LogP contribution in [0.1, 0.15) is 31.4 Å². The highest BCUT2D eigenvalue weighted by Crippen LogP contribution is 2.25. The van der Waals surface area contributed by atoms with Crippen molar-refractivity contribution in [3.8, 4) is 0 Å². The molecule has 1 aliphatic heterocycles. The second-order valence-corrected chi connectivity index (χ2v) is 4.74. The summed E-state index contributed by atoms with van der Waals surface area (Å²) >= 11 is 0. The number of para-hydroxylation sites is 1. The molecule has 2 unspecified atom stereocenters. The number of carbonyl (C=O) groups is 1. The molecule has 6 nitrogen and oxygen atoms in total. The number of hydrogen-bond acceptors (Lipinski definition) is 4. The molecule has 1 heterocycles. The van der Waals surface area contributed by atoms with Gasteiger partial charge in [0.2, 0.25) is 5.91 Å². The molecule has 0 spiro atoms. The Balaban J connectivity index is 2.05. The Hall–Kier alpha value is -1.95. The largest absolute Gasteiger partial charge is 0.355 e. The minimum Gasteiger partial charge on any atom is -0.355 e. The van der Waals surface area contributed by atoms with Gasteiger partial charge in [-0.15, -0.1) is 0 Å². The average Bonchev–Trinajstić information content (AvgIpc) is 2.41. The molecule has 1 saturated heterocycles. The van der Waals surface area contributed by atoms with Crippen molar-refractivity contribution in [2.45, 2.75) is 31.8 Å². The summed E-state index contributed by atoms with van der Waals surface area (Å²) in [5, 5.41) is 17.1. The van der Waals surface area contributed by atoms with Crippen molar-refractivity contribution in [3.63, 3.8) is 0 Å². The molecular weight excluding hydrogens is 246 g/mol. The average molecular weight is 263 g/mol. The lowest BCUT2D eigenvalue weighted by Crippen LogP contribution is -2.46. The van der Waals surface area contributed by atoms with Gasteiger partial charge in [-0.1, -0.05) is 18.2 Å². The van der Waals surface area contributed by atoms with Crippen molar-refractivity contribution in [3.05, 3.63) is 39.9 Å². The van der Waals surface area contributed by atoms with Crippen LogP contribution < -0.4 is 10.6 Å². The summed E-state index contributed by atoms with van der Waals surface area (Å²) in [5.74, 6) is 0.0661. The van der Waals surface area contributed by atoms with Crippen molar-refractivity contribution in [2.24, 2.45) is 0 Å². The van der Waals surface area contributed by atoms with E-state index in [4.69, 9.17) is 0 Å². The maximum Gasteiger partial charge on any atom is 0.274 e. The number of rotatable bonds is 4. The first-order chi connectivity index (χ1) is 9.08. The second kappa shape index (κ2) is 5.79. The molecule has 2 rings (SSSR count). The lowest BCUT2D eigenvalue weighted by Gasteiger charge is -2.27. The Labute approximate surface area is 111 Å². The number of nitrogens with zero attached hydrogens (tertiary/aromatic N) is 1. The van der Waals surface area contributed by atoms with Crippen LogP contribution in [0.2, 0.25) is 0 Å². The van der Waals surface area contributed by atoms with E-state index in [9.17, 15) is 14.9 Å². The highest BCUT2D eigenvalue weighted by Gasteiger charge is 2.23. The number of benzene rings is 1. The predicted octanol–water partition coefficient (Wildman–Crippen LogP) is 1.52. The van der Waals surface area contributed by atoms with Crippen molar-refractivity contribution in [1.29, 1.82) is 0 Å². The van der Waals surface area contributed by atoms with E-state index in [2.05, 4.69) is 10.6 Å². The number of piperidine rings is 1. The van der Waals surface area contributed by atoms with Crippen LogP contribution in [-0.4, -0.2) is 23.4 Å². The van der Waals surface area contributed by atoms with Gasteiger partial charge in [-0.25, -0.2) is 0 Å². The molecule has 0 aliphatic carbocycles. The summed E-state index contributed by atoms with van der Waals surface area (Å²) in [7, 11) is 0. The van der Waals surface area contributed by atoms with Crippen LogP contribution in [0.3, 0.4) is 0 Å². The first-order valence-corrected chi connectivity index (χ1v) is 6.34. The number of nitro benzene ring substituents is 1. The van der Waals surface area contributed by atoms with Crippen molar-refractivity contribution < 1.29 is 9.72 Å². The quantitative estimate of drug-likeness (QED) is 0.637. The summed E-state index contributed by atoms with van der Waals surface area (Å²) in [5.41, 5.74) is 0.798. The van der Waals surface area contributed by atoms with Crippen LogP contribution in [0.5, 0.6) is 0 Å². The SMILES string of the molecule is CC(NC1CCC(=O)NC1)c1ccccc1[N+](=O)[O-]. The van der Waals surface area contributed by atoms with Crippen LogP contribution in [0, 0.1) is 10.1 Å². The molecule has 0 bridgehead atoms. The fourth-order valence-corrected chi connectivity index (χ4v) is 2.34. The molecule has 1 aromatic carbocycles. The summed E-state index contributed by atoms with van der Waals surface area (Å²) < 4.78 is 0. The fraction of sp³-hybridized carbons (Fsp3) is 0.462. The number of amides is 1. The molecule has 1 amide bonds. The zero-order chi connectivity index (χ0) is 13.8. The van der Waals surface area contributed by atoms with E-state index < -0.39 is 0 Å². The fourth-order valence-electron chi connectivity index (χ4n) is 2.34. The Morgan fingerprint density at radius 3 is 2.84 bits per heavy atom. The van der Waals surface area contributed by atoms with Crippen molar-refractivity contribution in [1.82, 2.24) is 10.6 Å². The Bertz CT molecular complexity index is 480. The molecule has 1 aliphatic rings. The zero-order valence-corrected chi connectivity index (χ0v) is 10.8. The van der Waals surface area contributed by atoms with Gasteiger partial charge in [-0.2, -0.15) is 0 Å². The zero-order valence-electron chi connectivity index (χ0n) is 10.8. The minimum atomic E-state index is -0.365. The third-order valence-corrected chi connectivity index (χ3v) is 3.35. The lowest BCUT2D eigenvalue weighted by molar-refractivity contribution is -0.385. The van der Waals surface area contributed by atoms with Gasteiger partial charge in [-0.3, -0.25) is 14.9 Å². The van der Waals surface area contributed by atoms with E-state index in [1.807, 2.05) is 6.92 Å². The third-order valence-electron chi connectivity index (χ3n) is 3.35. The topological polar surface area (TPSA) is 84.3 Å². The van der Waals surface area contributed by atoms with Gasteiger partial charge < -0.3 is 10.6 Å². The molecule has 6 heteroatoms. The number of hydrogen-bond donors (Lipinski definition) is 2. The van der Waals surface area contributed by atoms with Crippen LogP contribution in [-0.2, 0) is 4.79 Å². The highest BCUT2D eigenvalue weighted by molar-refractivity contribution is 5.76. The number of carbonyl (C=O) groups excluding carboxylic acids is 1. The van der Waals surface area contributed by atoms with Gasteiger partial charge >= 0.3 is 0 Å².